The monoisotopic (exact) mass is 391 g/mol. The molecular formula is C22H27Cl2NO. The summed E-state index contributed by atoms with van der Waals surface area (Å²) in [4.78, 5) is 2.10. The van der Waals surface area contributed by atoms with Crippen LogP contribution in [-0.2, 0) is 6.42 Å². The van der Waals surface area contributed by atoms with E-state index >= 15 is 0 Å². The standard InChI is InChI=1S/C22H27Cl2NO/c1-16(12-18-8-10-20(23)11-9-18)22(26,17(2)15-25(3)4)14-19-6-5-7-21(24)13-19/h5-13,17,26H,14-15H2,1-4H3. The van der Waals surface area contributed by atoms with Crippen LogP contribution in [0.3, 0.4) is 0 Å². The molecule has 4 heteroatoms. The average molecular weight is 392 g/mol. The summed E-state index contributed by atoms with van der Waals surface area (Å²) in [6.45, 7) is 4.86. The zero-order chi connectivity index (χ0) is 19.3. The largest absolute Gasteiger partial charge is 0.385 e. The highest BCUT2D eigenvalue weighted by molar-refractivity contribution is 6.30. The van der Waals surface area contributed by atoms with Crippen molar-refractivity contribution in [1.82, 2.24) is 4.90 Å². The normalized spacial score (nSPS) is 15.8. The highest BCUT2D eigenvalue weighted by Crippen LogP contribution is 2.32. The molecule has 0 saturated carbocycles. The maximum Gasteiger partial charge on any atom is 0.0935 e. The summed E-state index contributed by atoms with van der Waals surface area (Å²) in [5.74, 6) is 0.0417. The second-order valence-electron chi connectivity index (χ2n) is 7.27. The van der Waals surface area contributed by atoms with E-state index in [9.17, 15) is 5.11 Å². The van der Waals surface area contributed by atoms with Crippen molar-refractivity contribution in [3.8, 4) is 0 Å². The van der Waals surface area contributed by atoms with E-state index in [-0.39, 0.29) is 5.92 Å². The van der Waals surface area contributed by atoms with Crippen molar-refractivity contribution in [2.45, 2.75) is 25.9 Å². The van der Waals surface area contributed by atoms with E-state index in [1.807, 2.05) is 75.6 Å². The first-order chi connectivity index (χ1) is 12.2. The van der Waals surface area contributed by atoms with E-state index in [1.54, 1.807) is 0 Å². The van der Waals surface area contributed by atoms with E-state index in [1.165, 1.54) is 0 Å². The van der Waals surface area contributed by atoms with Crippen molar-refractivity contribution in [3.63, 3.8) is 0 Å². The lowest BCUT2D eigenvalue weighted by atomic mass is 9.77. The van der Waals surface area contributed by atoms with Gasteiger partial charge in [-0.25, -0.2) is 0 Å². The van der Waals surface area contributed by atoms with Crippen LogP contribution in [0.25, 0.3) is 6.08 Å². The summed E-state index contributed by atoms with van der Waals surface area (Å²) >= 11 is 12.1. The Hall–Kier alpha value is -1.32. The maximum absolute atomic E-state index is 11.7. The minimum absolute atomic E-state index is 0.0417. The maximum atomic E-state index is 11.7. The molecule has 0 aliphatic carbocycles. The molecule has 0 amide bonds. The van der Waals surface area contributed by atoms with Crippen LogP contribution in [0.5, 0.6) is 0 Å². The first-order valence-electron chi connectivity index (χ1n) is 8.76. The van der Waals surface area contributed by atoms with Crippen LogP contribution in [-0.4, -0.2) is 36.2 Å². The van der Waals surface area contributed by atoms with Crippen LogP contribution in [0.15, 0.2) is 54.1 Å². The Kier molecular flexibility index (Phi) is 7.31. The third-order valence-electron chi connectivity index (χ3n) is 4.75. The van der Waals surface area contributed by atoms with Crippen LogP contribution >= 0.6 is 23.2 Å². The fraction of sp³-hybridized carbons (Fsp3) is 0.364. The molecular weight excluding hydrogens is 365 g/mol. The number of benzene rings is 2. The molecule has 0 fully saturated rings. The van der Waals surface area contributed by atoms with Crippen LogP contribution in [0.1, 0.15) is 25.0 Å². The van der Waals surface area contributed by atoms with Gasteiger partial charge >= 0.3 is 0 Å². The molecule has 1 N–H and O–H groups in total. The lowest BCUT2D eigenvalue weighted by molar-refractivity contribution is 0.0150. The van der Waals surface area contributed by atoms with E-state index < -0.39 is 5.60 Å². The molecule has 0 saturated heterocycles. The summed E-state index contributed by atoms with van der Waals surface area (Å²) in [5, 5.41) is 13.1. The summed E-state index contributed by atoms with van der Waals surface area (Å²) < 4.78 is 0. The van der Waals surface area contributed by atoms with Gasteiger partial charge in [-0.15, -0.1) is 0 Å². The number of aliphatic hydroxyl groups is 1. The first kappa shape index (κ1) is 21.0. The van der Waals surface area contributed by atoms with Crippen LogP contribution in [0.2, 0.25) is 10.0 Å². The lowest BCUT2D eigenvalue weighted by Gasteiger charge is -2.37. The highest BCUT2D eigenvalue weighted by atomic mass is 35.5. The Morgan fingerprint density at radius 1 is 1.12 bits per heavy atom. The first-order valence-corrected chi connectivity index (χ1v) is 9.52. The van der Waals surface area contributed by atoms with E-state index in [4.69, 9.17) is 23.2 Å². The Balaban J connectivity index is 2.39. The van der Waals surface area contributed by atoms with Crippen LogP contribution in [0.4, 0.5) is 0 Å². The van der Waals surface area contributed by atoms with Gasteiger partial charge in [0.05, 0.1) is 5.60 Å². The van der Waals surface area contributed by atoms with Gasteiger partial charge in [-0.05, 0) is 62.0 Å². The fourth-order valence-corrected chi connectivity index (χ4v) is 3.63. The Morgan fingerprint density at radius 2 is 1.77 bits per heavy atom. The third-order valence-corrected chi connectivity index (χ3v) is 5.24. The lowest BCUT2D eigenvalue weighted by Crippen LogP contribution is -2.44. The summed E-state index contributed by atoms with van der Waals surface area (Å²) in [5.41, 5.74) is 1.99. The van der Waals surface area contributed by atoms with Crippen molar-refractivity contribution < 1.29 is 5.11 Å². The molecule has 2 aromatic carbocycles. The summed E-state index contributed by atoms with van der Waals surface area (Å²) in [6, 6.07) is 15.3. The Morgan fingerprint density at radius 3 is 2.35 bits per heavy atom. The van der Waals surface area contributed by atoms with Gasteiger partial charge in [-0.3, -0.25) is 0 Å². The van der Waals surface area contributed by atoms with Gasteiger partial charge in [0, 0.05) is 28.9 Å². The van der Waals surface area contributed by atoms with Crippen molar-refractivity contribution >= 4 is 29.3 Å². The van der Waals surface area contributed by atoms with E-state index in [2.05, 4.69) is 11.8 Å². The molecule has 2 rings (SSSR count). The van der Waals surface area contributed by atoms with Gasteiger partial charge in [0.15, 0.2) is 0 Å². The van der Waals surface area contributed by atoms with Gasteiger partial charge < -0.3 is 10.0 Å². The molecule has 26 heavy (non-hydrogen) atoms. The number of rotatable bonds is 7. The molecule has 2 atom stereocenters. The predicted octanol–water partition coefficient (Wildman–Crippen LogP) is 5.57. The van der Waals surface area contributed by atoms with Gasteiger partial charge in [0.1, 0.15) is 0 Å². The second kappa shape index (κ2) is 9.05. The molecule has 2 nitrogen and oxygen atoms in total. The number of hydrogen-bond donors (Lipinski definition) is 1. The Bertz CT molecular complexity index is 755. The minimum atomic E-state index is -0.978. The molecule has 2 aromatic rings. The molecule has 0 aromatic heterocycles. The second-order valence-corrected chi connectivity index (χ2v) is 8.15. The van der Waals surface area contributed by atoms with Crippen molar-refractivity contribution in [2.75, 3.05) is 20.6 Å². The minimum Gasteiger partial charge on any atom is -0.385 e. The molecule has 2 unspecified atom stereocenters. The van der Waals surface area contributed by atoms with E-state index in [0.717, 1.165) is 23.2 Å². The molecule has 0 radical (unpaired) electrons. The molecule has 140 valence electrons. The number of nitrogens with zero attached hydrogens (tertiary/aromatic N) is 1. The summed E-state index contributed by atoms with van der Waals surface area (Å²) in [7, 11) is 4.04. The SMILES string of the molecule is CC(=Cc1ccc(Cl)cc1)C(O)(Cc1cccc(Cl)c1)C(C)CN(C)C. The molecule has 0 aliphatic rings. The number of hydrogen-bond acceptors (Lipinski definition) is 2. The van der Waals surface area contributed by atoms with Gasteiger partial charge in [0.2, 0.25) is 0 Å². The summed E-state index contributed by atoms with van der Waals surface area (Å²) in [6.07, 6.45) is 2.55. The van der Waals surface area contributed by atoms with Gasteiger partial charge in [0.25, 0.3) is 0 Å². The molecule has 0 aliphatic heterocycles. The quantitative estimate of drug-likeness (QED) is 0.666. The zero-order valence-electron chi connectivity index (χ0n) is 15.8. The fourth-order valence-electron chi connectivity index (χ4n) is 3.29. The number of halogens is 2. The van der Waals surface area contributed by atoms with Crippen molar-refractivity contribution in [1.29, 1.82) is 0 Å². The molecule has 0 bridgehead atoms. The molecule has 0 spiro atoms. The van der Waals surface area contributed by atoms with Gasteiger partial charge in [-0.1, -0.05) is 60.5 Å². The zero-order valence-corrected chi connectivity index (χ0v) is 17.3. The van der Waals surface area contributed by atoms with E-state index in [0.29, 0.717) is 16.5 Å². The van der Waals surface area contributed by atoms with Crippen molar-refractivity contribution in [2.24, 2.45) is 5.92 Å². The highest BCUT2D eigenvalue weighted by Gasteiger charge is 2.36. The van der Waals surface area contributed by atoms with Crippen LogP contribution in [0, 0.1) is 5.92 Å². The average Bonchev–Trinajstić information content (AvgIpc) is 2.56. The Labute approximate surface area is 167 Å². The smallest absolute Gasteiger partial charge is 0.0935 e. The third kappa shape index (κ3) is 5.59. The van der Waals surface area contributed by atoms with Crippen LogP contribution < -0.4 is 0 Å². The predicted molar refractivity (Wildman–Crippen MR) is 113 cm³/mol. The van der Waals surface area contributed by atoms with Crippen molar-refractivity contribution in [3.05, 3.63) is 75.3 Å². The topological polar surface area (TPSA) is 23.5 Å². The van der Waals surface area contributed by atoms with Gasteiger partial charge in [-0.2, -0.15) is 0 Å². The molecule has 0 heterocycles.